The molecule has 1 atom stereocenters. The number of imidazole rings is 1. The van der Waals surface area contributed by atoms with Crippen LogP contribution in [0.2, 0.25) is 0 Å². The van der Waals surface area contributed by atoms with Crippen LogP contribution in [0, 0.1) is 0 Å². The van der Waals surface area contributed by atoms with Crippen molar-refractivity contribution in [2.24, 2.45) is 7.05 Å². The maximum absolute atomic E-state index is 4.52. The molecule has 1 fully saturated rings. The van der Waals surface area contributed by atoms with Gasteiger partial charge in [0, 0.05) is 45.6 Å². The Bertz CT molecular complexity index is 792. The summed E-state index contributed by atoms with van der Waals surface area (Å²) in [6.07, 6.45) is 5.86. The Morgan fingerprint density at radius 1 is 1.25 bits per heavy atom. The van der Waals surface area contributed by atoms with Crippen LogP contribution in [0.15, 0.2) is 48.9 Å². The summed E-state index contributed by atoms with van der Waals surface area (Å²) in [5.74, 6) is 1.08. The van der Waals surface area contributed by atoms with Crippen molar-refractivity contribution >= 4 is 0 Å². The lowest BCUT2D eigenvalue weighted by Gasteiger charge is -2.35. The van der Waals surface area contributed by atoms with Gasteiger partial charge in [0.25, 0.3) is 0 Å². The van der Waals surface area contributed by atoms with E-state index in [1.807, 2.05) is 60.7 Å². The van der Waals surface area contributed by atoms with Crippen LogP contribution in [-0.2, 0) is 13.6 Å². The lowest BCUT2D eigenvalue weighted by molar-refractivity contribution is 0.143. The van der Waals surface area contributed by atoms with Crippen LogP contribution in [0.3, 0.4) is 0 Å². The van der Waals surface area contributed by atoms with Gasteiger partial charge in [-0.1, -0.05) is 23.4 Å². The highest BCUT2D eigenvalue weighted by Gasteiger charge is 2.27. The summed E-state index contributed by atoms with van der Waals surface area (Å²) in [5.41, 5.74) is 2.00. The third-order valence-electron chi connectivity index (χ3n) is 4.44. The summed E-state index contributed by atoms with van der Waals surface area (Å²) >= 11 is 0. The highest BCUT2D eigenvalue weighted by atomic mass is 15.4. The zero-order chi connectivity index (χ0) is 16.4. The third-order valence-corrected chi connectivity index (χ3v) is 4.44. The molecule has 0 spiro atoms. The van der Waals surface area contributed by atoms with Gasteiger partial charge in [0.2, 0.25) is 0 Å². The second kappa shape index (κ2) is 6.54. The summed E-state index contributed by atoms with van der Waals surface area (Å²) in [5, 5.41) is 12.1. The van der Waals surface area contributed by atoms with E-state index in [4.69, 9.17) is 0 Å². The number of benzene rings is 1. The van der Waals surface area contributed by atoms with E-state index in [0.717, 1.165) is 43.4 Å². The average molecular weight is 323 g/mol. The smallest absolute Gasteiger partial charge is 0.127 e. The molecule has 0 amide bonds. The van der Waals surface area contributed by atoms with Crippen LogP contribution in [0.4, 0.5) is 0 Å². The maximum atomic E-state index is 4.52. The van der Waals surface area contributed by atoms with Crippen LogP contribution in [0.25, 0.3) is 5.69 Å². The first-order valence-electron chi connectivity index (χ1n) is 8.20. The van der Waals surface area contributed by atoms with Crippen LogP contribution >= 0.6 is 0 Å². The standard InChI is InChI=1S/C17H21N7/c1-22-9-8-19-17(22)16-11-18-7-10-23(16)12-14-13-24(21-20-14)15-5-3-2-4-6-15/h2-6,8-9,13,16,18H,7,10-12H2,1H3. The van der Waals surface area contributed by atoms with Crippen LogP contribution < -0.4 is 5.32 Å². The highest BCUT2D eigenvalue weighted by molar-refractivity contribution is 5.29. The Hall–Kier alpha value is -2.51. The van der Waals surface area contributed by atoms with Crippen molar-refractivity contribution in [3.63, 3.8) is 0 Å². The molecular weight excluding hydrogens is 302 g/mol. The van der Waals surface area contributed by atoms with Gasteiger partial charge in [-0.15, -0.1) is 5.10 Å². The summed E-state index contributed by atoms with van der Waals surface area (Å²) in [6, 6.07) is 10.3. The molecule has 1 aliphatic rings. The van der Waals surface area contributed by atoms with Crippen molar-refractivity contribution in [3.05, 3.63) is 60.4 Å². The fourth-order valence-electron chi connectivity index (χ4n) is 3.17. The third kappa shape index (κ3) is 2.95. The number of para-hydroxylation sites is 1. The number of rotatable bonds is 4. The first-order valence-corrected chi connectivity index (χ1v) is 8.20. The summed E-state index contributed by atoms with van der Waals surface area (Å²) < 4.78 is 3.92. The van der Waals surface area contributed by atoms with E-state index in [0.29, 0.717) is 0 Å². The predicted molar refractivity (Wildman–Crippen MR) is 90.6 cm³/mol. The summed E-state index contributed by atoms with van der Waals surface area (Å²) in [4.78, 5) is 6.94. The minimum Gasteiger partial charge on any atom is -0.337 e. The number of aromatic nitrogens is 5. The molecule has 1 saturated heterocycles. The zero-order valence-corrected chi connectivity index (χ0v) is 13.7. The van der Waals surface area contributed by atoms with E-state index in [9.17, 15) is 0 Å². The number of hydrogen-bond donors (Lipinski definition) is 1. The SMILES string of the molecule is Cn1ccnc1C1CNCCN1Cc1cn(-c2ccccc2)nn1. The van der Waals surface area contributed by atoms with Crippen molar-refractivity contribution in [3.8, 4) is 5.69 Å². The molecule has 7 heteroatoms. The van der Waals surface area contributed by atoms with Crippen LogP contribution in [0.1, 0.15) is 17.6 Å². The molecule has 4 rings (SSSR count). The minimum absolute atomic E-state index is 0.251. The Morgan fingerprint density at radius 3 is 2.92 bits per heavy atom. The lowest BCUT2D eigenvalue weighted by Crippen LogP contribution is -2.46. The monoisotopic (exact) mass is 323 g/mol. The molecule has 7 nitrogen and oxygen atoms in total. The van der Waals surface area contributed by atoms with E-state index in [1.54, 1.807) is 0 Å². The second-order valence-electron chi connectivity index (χ2n) is 6.08. The average Bonchev–Trinajstić information content (AvgIpc) is 3.25. The first kappa shape index (κ1) is 15.0. The molecule has 2 aromatic heterocycles. The van der Waals surface area contributed by atoms with Crippen LogP contribution in [-0.4, -0.2) is 49.1 Å². The Morgan fingerprint density at radius 2 is 2.12 bits per heavy atom. The minimum atomic E-state index is 0.251. The zero-order valence-electron chi connectivity index (χ0n) is 13.7. The molecule has 1 aromatic carbocycles. The van der Waals surface area contributed by atoms with Gasteiger partial charge in [0.15, 0.2) is 0 Å². The molecule has 3 aromatic rings. The number of nitrogens with zero attached hydrogens (tertiary/aromatic N) is 6. The summed E-state index contributed by atoms with van der Waals surface area (Å²) in [7, 11) is 2.04. The molecule has 0 aliphatic carbocycles. The van der Waals surface area contributed by atoms with Gasteiger partial charge in [-0.05, 0) is 12.1 Å². The fourth-order valence-corrected chi connectivity index (χ4v) is 3.17. The first-order chi connectivity index (χ1) is 11.8. The van der Waals surface area contributed by atoms with Gasteiger partial charge in [-0.3, -0.25) is 4.90 Å². The van der Waals surface area contributed by atoms with E-state index < -0.39 is 0 Å². The predicted octanol–water partition coefficient (Wildman–Crippen LogP) is 1.15. The largest absolute Gasteiger partial charge is 0.337 e. The molecule has 0 bridgehead atoms. The molecule has 1 unspecified atom stereocenters. The van der Waals surface area contributed by atoms with Crippen molar-refractivity contribution < 1.29 is 0 Å². The lowest BCUT2D eigenvalue weighted by atomic mass is 10.1. The van der Waals surface area contributed by atoms with Crippen molar-refractivity contribution in [2.45, 2.75) is 12.6 Å². The Kier molecular flexibility index (Phi) is 4.10. The number of hydrogen-bond acceptors (Lipinski definition) is 5. The molecule has 0 saturated carbocycles. The van der Waals surface area contributed by atoms with Crippen LogP contribution in [0.5, 0.6) is 0 Å². The van der Waals surface area contributed by atoms with Gasteiger partial charge in [0.05, 0.1) is 23.6 Å². The molecule has 1 N–H and O–H groups in total. The molecule has 24 heavy (non-hydrogen) atoms. The van der Waals surface area contributed by atoms with E-state index in [1.165, 1.54) is 0 Å². The van der Waals surface area contributed by atoms with Gasteiger partial charge in [-0.25, -0.2) is 9.67 Å². The van der Waals surface area contributed by atoms with E-state index in [-0.39, 0.29) is 6.04 Å². The molecule has 3 heterocycles. The normalized spacial score (nSPS) is 18.8. The number of piperazine rings is 1. The van der Waals surface area contributed by atoms with Crippen molar-refractivity contribution in [1.29, 1.82) is 0 Å². The molecule has 124 valence electrons. The van der Waals surface area contributed by atoms with Crippen molar-refractivity contribution in [2.75, 3.05) is 19.6 Å². The Labute approximate surface area is 140 Å². The molecule has 1 aliphatic heterocycles. The van der Waals surface area contributed by atoms with Gasteiger partial charge in [0.1, 0.15) is 5.82 Å². The fraction of sp³-hybridized carbons (Fsp3) is 0.353. The number of aryl methyl sites for hydroxylation is 1. The summed E-state index contributed by atoms with van der Waals surface area (Å²) in [6.45, 7) is 3.62. The Balaban J connectivity index is 1.53. The molecular formula is C17H21N7. The number of nitrogens with one attached hydrogen (secondary N) is 1. The van der Waals surface area contributed by atoms with E-state index >= 15 is 0 Å². The van der Waals surface area contributed by atoms with E-state index in [2.05, 4.69) is 30.1 Å². The van der Waals surface area contributed by atoms with Crippen molar-refractivity contribution in [1.82, 2.24) is 34.8 Å². The maximum Gasteiger partial charge on any atom is 0.127 e. The molecule has 0 radical (unpaired) electrons. The van der Waals surface area contributed by atoms with Gasteiger partial charge in [-0.2, -0.15) is 0 Å². The van der Waals surface area contributed by atoms with Gasteiger partial charge < -0.3 is 9.88 Å². The topological polar surface area (TPSA) is 63.8 Å². The highest BCUT2D eigenvalue weighted by Crippen LogP contribution is 2.22. The quantitative estimate of drug-likeness (QED) is 0.780. The second-order valence-corrected chi connectivity index (χ2v) is 6.08. The van der Waals surface area contributed by atoms with Gasteiger partial charge >= 0.3 is 0 Å².